The molecule has 2 aromatic heterocycles. The maximum Gasteiger partial charge on any atom is 0.215 e. The minimum atomic E-state index is -3.33. The SMILES string of the molecule is CCCNS(=O)(=O)Cc1ccc(-c2cn(CCO)nc2-c2ccncc2)cc1. The summed E-state index contributed by atoms with van der Waals surface area (Å²) >= 11 is 0. The van der Waals surface area contributed by atoms with Gasteiger partial charge in [0.25, 0.3) is 0 Å². The molecule has 2 heterocycles. The van der Waals surface area contributed by atoms with Gasteiger partial charge in [-0.05, 0) is 29.7 Å². The molecule has 8 heteroatoms. The van der Waals surface area contributed by atoms with Crippen LogP contribution in [0.15, 0.2) is 55.0 Å². The van der Waals surface area contributed by atoms with Crippen molar-refractivity contribution in [3.05, 3.63) is 60.6 Å². The fourth-order valence-electron chi connectivity index (χ4n) is 2.88. The van der Waals surface area contributed by atoms with Crippen molar-refractivity contribution in [3.8, 4) is 22.4 Å². The van der Waals surface area contributed by atoms with Crippen LogP contribution in [0.5, 0.6) is 0 Å². The van der Waals surface area contributed by atoms with E-state index in [1.807, 2.05) is 49.5 Å². The van der Waals surface area contributed by atoms with Gasteiger partial charge < -0.3 is 5.11 Å². The molecule has 7 nitrogen and oxygen atoms in total. The largest absolute Gasteiger partial charge is 0.394 e. The number of rotatable bonds is 9. The van der Waals surface area contributed by atoms with E-state index in [4.69, 9.17) is 0 Å². The van der Waals surface area contributed by atoms with E-state index in [1.165, 1.54) is 0 Å². The Bertz CT molecular complexity index is 1000. The Kier molecular flexibility index (Phi) is 6.56. The second kappa shape index (κ2) is 9.09. The maximum atomic E-state index is 12.1. The molecule has 0 unspecified atom stereocenters. The van der Waals surface area contributed by atoms with Gasteiger partial charge in [-0.3, -0.25) is 9.67 Å². The minimum absolute atomic E-state index is 0.00153. The number of nitrogens with one attached hydrogen (secondary N) is 1. The van der Waals surface area contributed by atoms with Crippen LogP contribution in [-0.2, 0) is 22.3 Å². The molecule has 0 atom stereocenters. The second-order valence-corrected chi connectivity index (χ2v) is 8.27. The highest BCUT2D eigenvalue weighted by Gasteiger charge is 2.15. The number of aromatic nitrogens is 3. The average Bonchev–Trinajstić information content (AvgIpc) is 3.12. The minimum Gasteiger partial charge on any atom is -0.394 e. The Morgan fingerprint density at radius 1 is 1.07 bits per heavy atom. The van der Waals surface area contributed by atoms with Crippen molar-refractivity contribution in [2.75, 3.05) is 13.2 Å². The van der Waals surface area contributed by atoms with Crippen molar-refractivity contribution in [2.45, 2.75) is 25.6 Å². The van der Waals surface area contributed by atoms with E-state index >= 15 is 0 Å². The number of hydrogen-bond donors (Lipinski definition) is 2. The Hall–Kier alpha value is -2.55. The lowest BCUT2D eigenvalue weighted by molar-refractivity contribution is 0.269. The molecule has 0 fully saturated rings. The molecule has 0 bridgehead atoms. The molecule has 1 aromatic carbocycles. The first kappa shape index (κ1) is 20.2. The Labute approximate surface area is 165 Å². The summed E-state index contributed by atoms with van der Waals surface area (Å²) in [5, 5.41) is 13.8. The molecule has 3 rings (SSSR count). The lowest BCUT2D eigenvalue weighted by atomic mass is 10.0. The summed E-state index contributed by atoms with van der Waals surface area (Å²) in [6.45, 7) is 2.77. The van der Waals surface area contributed by atoms with E-state index in [1.54, 1.807) is 17.1 Å². The molecule has 0 amide bonds. The summed E-state index contributed by atoms with van der Waals surface area (Å²) in [6, 6.07) is 11.2. The molecule has 28 heavy (non-hydrogen) atoms. The first-order chi connectivity index (χ1) is 13.5. The molecular weight excluding hydrogens is 376 g/mol. The second-order valence-electron chi connectivity index (χ2n) is 6.46. The Morgan fingerprint density at radius 2 is 1.79 bits per heavy atom. The van der Waals surface area contributed by atoms with E-state index in [2.05, 4.69) is 14.8 Å². The van der Waals surface area contributed by atoms with Crippen LogP contribution >= 0.6 is 0 Å². The number of aliphatic hydroxyl groups is 1. The topological polar surface area (TPSA) is 97.1 Å². The third-order valence-corrected chi connectivity index (χ3v) is 5.60. The number of aliphatic hydroxyl groups excluding tert-OH is 1. The van der Waals surface area contributed by atoms with Gasteiger partial charge in [0.1, 0.15) is 5.69 Å². The highest BCUT2D eigenvalue weighted by Crippen LogP contribution is 2.31. The van der Waals surface area contributed by atoms with E-state index in [9.17, 15) is 13.5 Å². The first-order valence-electron chi connectivity index (χ1n) is 9.18. The van der Waals surface area contributed by atoms with Crippen LogP contribution in [0.2, 0.25) is 0 Å². The van der Waals surface area contributed by atoms with Gasteiger partial charge in [-0.25, -0.2) is 13.1 Å². The number of benzene rings is 1. The number of sulfonamides is 1. The van der Waals surface area contributed by atoms with Gasteiger partial charge in [0.2, 0.25) is 10.0 Å². The van der Waals surface area contributed by atoms with Crippen molar-refractivity contribution in [1.82, 2.24) is 19.5 Å². The van der Waals surface area contributed by atoms with Crippen molar-refractivity contribution >= 4 is 10.0 Å². The van der Waals surface area contributed by atoms with Gasteiger partial charge in [0.15, 0.2) is 0 Å². The van der Waals surface area contributed by atoms with Gasteiger partial charge in [-0.1, -0.05) is 31.2 Å². The molecule has 0 radical (unpaired) electrons. The fourth-order valence-corrected chi connectivity index (χ4v) is 4.13. The third-order valence-electron chi connectivity index (χ3n) is 4.24. The number of pyridine rings is 1. The van der Waals surface area contributed by atoms with Crippen LogP contribution in [0.4, 0.5) is 0 Å². The first-order valence-corrected chi connectivity index (χ1v) is 10.8. The van der Waals surface area contributed by atoms with Gasteiger partial charge in [0.05, 0.1) is 18.9 Å². The summed E-state index contributed by atoms with van der Waals surface area (Å²) in [4.78, 5) is 4.05. The highest BCUT2D eigenvalue weighted by atomic mass is 32.2. The molecule has 0 aliphatic heterocycles. The summed E-state index contributed by atoms with van der Waals surface area (Å²) in [5.74, 6) is -0.0474. The zero-order chi connectivity index (χ0) is 20.0. The molecule has 0 spiro atoms. The Morgan fingerprint density at radius 3 is 2.43 bits per heavy atom. The van der Waals surface area contributed by atoms with Crippen LogP contribution in [0.25, 0.3) is 22.4 Å². The molecule has 0 aliphatic rings. The van der Waals surface area contributed by atoms with E-state index < -0.39 is 10.0 Å². The van der Waals surface area contributed by atoms with Crippen LogP contribution in [-0.4, -0.2) is 41.4 Å². The lowest BCUT2D eigenvalue weighted by Crippen LogP contribution is -2.25. The summed E-state index contributed by atoms with van der Waals surface area (Å²) in [7, 11) is -3.33. The van der Waals surface area contributed by atoms with Crippen LogP contribution in [0.3, 0.4) is 0 Å². The molecule has 0 saturated carbocycles. The normalized spacial score (nSPS) is 11.6. The fraction of sp³-hybridized carbons (Fsp3) is 0.300. The van der Waals surface area contributed by atoms with Gasteiger partial charge in [-0.2, -0.15) is 5.10 Å². The van der Waals surface area contributed by atoms with Crippen molar-refractivity contribution in [3.63, 3.8) is 0 Å². The quantitative estimate of drug-likeness (QED) is 0.575. The van der Waals surface area contributed by atoms with E-state index in [-0.39, 0.29) is 12.4 Å². The van der Waals surface area contributed by atoms with Crippen LogP contribution in [0.1, 0.15) is 18.9 Å². The highest BCUT2D eigenvalue weighted by molar-refractivity contribution is 7.88. The molecule has 148 valence electrons. The smallest absolute Gasteiger partial charge is 0.215 e. The number of hydrogen-bond acceptors (Lipinski definition) is 5. The van der Waals surface area contributed by atoms with Gasteiger partial charge >= 0.3 is 0 Å². The third kappa shape index (κ3) is 5.03. The number of nitrogens with zero attached hydrogens (tertiary/aromatic N) is 3. The van der Waals surface area contributed by atoms with Crippen molar-refractivity contribution < 1.29 is 13.5 Å². The summed E-state index contributed by atoms with van der Waals surface area (Å²) in [5.41, 5.74) is 4.29. The van der Waals surface area contributed by atoms with Crippen LogP contribution < -0.4 is 4.72 Å². The molecule has 0 aliphatic carbocycles. The van der Waals surface area contributed by atoms with Gasteiger partial charge in [0, 0.05) is 36.3 Å². The summed E-state index contributed by atoms with van der Waals surface area (Å²) < 4.78 is 28.4. The van der Waals surface area contributed by atoms with Crippen molar-refractivity contribution in [1.29, 1.82) is 0 Å². The van der Waals surface area contributed by atoms with Crippen molar-refractivity contribution in [2.24, 2.45) is 0 Å². The summed E-state index contributed by atoms with van der Waals surface area (Å²) in [6.07, 6.45) is 6.07. The zero-order valence-corrected chi connectivity index (χ0v) is 16.6. The molecule has 3 aromatic rings. The predicted octanol–water partition coefficient (Wildman–Crippen LogP) is 2.43. The molecule has 0 saturated heterocycles. The van der Waals surface area contributed by atoms with Crippen LogP contribution in [0, 0.1) is 0 Å². The van der Waals surface area contributed by atoms with E-state index in [0.29, 0.717) is 13.1 Å². The lowest BCUT2D eigenvalue weighted by Gasteiger charge is -2.07. The molecular formula is C20H24N4O3S. The maximum absolute atomic E-state index is 12.1. The Balaban J connectivity index is 1.89. The standard InChI is InChI=1S/C20H24N4O3S/c1-2-9-22-28(26,27)15-16-3-5-17(6-4-16)19-14-24(12-13-25)23-20(19)18-7-10-21-11-8-18/h3-8,10-11,14,22,25H,2,9,12-13,15H2,1H3. The predicted molar refractivity (Wildman–Crippen MR) is 109 cm³/mol. The zero-order valence-electron chi connectivity index (χ0n) is 15.7. The van der Waals surface area contributed by atoms with E-state index in [0.717, 1.165) is 34.4 Å². The monoisotopic (exact) mass is 400 g/mol. The average molecular weight is 401 g/mol. The molecule has 2 N–H and O–H groups in total. The van der Waals surface area contributed by atoms with Gasteiger partial charge in [-0.15, -0.1) is 0 Å².